The second-order valence-corrected chi connectivity index (χ2v) is 3.38. The maximum atomic E-state index is 3.50. The molecular weight excluding hydrogens is 301 g/mol. The van der Waals surface area contributed by atoms with E-state index in [0.717, 1.165) is 0 Å². The molecule has 0 saturated heterocycles. The predicted molar refractivity (Wildman–Crippen MR) is 81.7 cm³/mol. The molecule has 0 saturated carbocycles. The summed E-state index contributed by atoms with van der Waals surface area (Å²) in [5.41, 5.74) is 1.47. The van der Waals surface area contributed by atoms with Crippen molar-refractivity contribution in [2.75, 3.05) is 42.3 Å². The molecule has 4 heteroatoms. The zero-order valence-corrected chi connectivity index (χ0v) is 15.5. The average Bonchev–Trinajstić information content (AvgIpc) is 2.75. The van der Waals surface area contributed by atoms with Crippen LogP contribution in [0, 0.1) is 0 Å². The fourth-order valence-corrected chi connectivity index (χ4v) is 0.869. The molecule has 1 rings (SSSR count). The van der Waals surface area contributed by atoms with Crippen LogP contribution in [0.5, 0.6) is 0 Å². The van der Waals surface area contributed by atoms with E-state index in [0.29, 0.717) is 0 Å². The first kappa shape index (κ1) is 26.6. The van der Waals surface area contributed by atoms with E-state index in [1.165, 1.54) is 18.4 Å². The van der Waals surface area contributed by atoms with Crippen LogP contribution in [0.2, 0.25) is 0 Å². The van der Waals surface area contributed by atoms with Crippen molar-refractivity contribution in [1.29, 1.82) is 0 Å². The summed E-state index contributed by atoms with van der Waals surface area (Å²) in [6, 6.07) is 8.52. The molecule has 0 fully saturated rings. The Kier molecular flexibility index (Phi) is 44.8. The van der Waals surface area contributed by atoms with Gasteiger partial charge in [-0.1, -0.05) is 19.8 Å². The third-order valence-electron chi connectivity index (χ3n) is 1.27. The van der Waals surface area contributed by atoms with Gasteiger partial charge in [0, 0.05) is 0 Å². The molecule has 0 radical (unpaired) electrons. The Morgan fingerprint density at radius 1 is 0.778 bits per heavy atom. The van der Waals surface area contributed by atoms with Gasteiger partial charge in [0.2, 0.25) is 0 Å². The van der Waals surface area contributed by atoms with E-state index in [9.17, 15) is 0 Å². The van der Waals surface area contributed by atoms with E-state index in [1.54, 1.807) is 42.3 Å². The second-order valence-electron chi connectivity index (χ2n) is 3.38. The molecule has 0 aliphatic rings. The van der Waals surface area contributed by atoms with Gasteiger partial charge in [0.15, 0.2) is 0 Å². The number of rotatable bonds is 2. The van der Waals surface area contributed by atoms with E-state index in [2.05, 4.69) is 47.1 Å². The van der Waals surface area contributed by atoms with E-state index in [4.69, 9.17) is 0 Å². The molecule has 18 heavy (non-hydrogen) atoms. The van der Waals surface area contributed by atoms with Crippen molar-refractivity contribution in [3.8, 4) is 0 Å². The van der Waals surface area contributed by atoms with Crippen molar-refractivity contribution in [3.63, 3.8) is 0 Å². The van der Waals surface area contributed by atoms with Crippen LogP contribution in [0.1, 0.15) is 18.9 Å². The van der Waals surface area contributed by atoms with Crippen molar-refractivity contribution in [2.45, 2.75) is 19.8 Å². The van der Waals surface area contributed by atoms with Gasteiger partial charge in [0.25, 0.3) is 0 Å². The quantitative estimate of drug-likeness (QED) is 0.729. The largest absolute Gasteiger partial charge is 4.00 e. The molecule has 0 aliphatic heterocycles. The average molecular weight is 331 g/mol. The minimum atomic E-state index is 0. The van der Waals surface area contributed by atoms with E-state index >= 15 is 0 Å². The molecular formula is C14H29N3Zr. The molecule has 0 N–H and O–H groups in total. The molecule has 1 aromatic carbocycles. The Morgan fingerprint density at radius 2 is 1.06 bits per heavy atom. The van der Waals surface area contributed by atoms with Crippen LogP contribution in [0.4, 0.5) is 0 Å². The molecule has 3 nitrogen and oxygen atoms in total. The summed E-state index contributed by atoms with van der Waals surface area (Å²) >= 11 is 0. The first-order chi connectivity index (χ1) is 8.17. The van der Waals surface area contributed by atoms with Gasteiger partial charge in [0.05, 0.1) is 0 Å². The molecule has 1 aromatic rings. The Hall–Kier alpha value is 0.113. The summed E-state index contributed by atoms with van der Waals surface area (Å²) in [5, 5.41) is 10.5. The van der Waals surface area contributed by atoms with Crippen LogP contribution < -0.4 is 0 Å². The summed E-state index contributed by atoms with van der Waals surface area (Å²) < 4.78 is 0. The molecule has 0 heterocycles. The van der Waals surface area contributed by atoms with Crippen molar-refractivity contribution in [1.82, 2.24) is 0 Å². The third-order valence-corrected chi connectivity index (χ3v) is 1.27. The Balaban J connectivity index is -0.0000000840. The summed E-state index contributed by atoms with van der Waals surface area (Å²) in [6.07, 6.45) is 2.48. The molecule has 0 amide bonds. The SMILES string of the molecule is CCC[c-]1cccc1.C[N-]C.C[N-]C.C[N-]C.[Zr+4]. The van der Waals surface area contributed by atoms with Crippen LogP contribution in [-0.2, 0) is 32.6 Å². The van der Waals surface area contributed by atoms with Gasteiger partial charge in [-0.15, -0.1) is 0 Å². The first-order valence-electron chi connectivity index (χ1n) is 5.82. The third kappa shape index (κ3) is 36.0. The summed E-state index contributed by atoms with van der Waals surface area (Å²) in [5.74, 6) is 0. The second kappa shape index (κ2) is 30.3. The molecule has 0 spiro atoms. The molecule has 0 aliphatic carbocycles. The number of hydrogen-bond donors (Lipinski definition) is 0. The van der Waals surface area contributed by atoms with Gasteiger partial charge in [-0.25, -0.2) is 12.1 Å². The van der Waals surface area contributed by atoms with Crippen LogP contribution in [0.25, 0.3) is 16.0 Å². The van der Waals surface area contributed by atoms with Gasteiger partial charge in [0.1, 0.15) is 0 Å². The maximum Gasteiger partial charge on any atom is 4.00 e. The first-order valence-corrected chi connectivity index (χ1v) is 5.82. The van der Waals surface area contributed by atoms with Gasteiger partial charge >= 0.3 is 26.2 Å². The zero-order chi connectivity index (χ0) is 13.9. The Bertz CT molecular complexity index is 172. The maximum absolute atomic E-state index is 3.50. The number of aryl methyl sites for hydroxylation is 1. The van der Waals surface area contributed by atoms with Crippen LogP contribution in [0.3, 0.4) is 0 Å². The molecule has 0 bridgehead atoms. The predicted octanol–water partition coefficient (Wildman–Crippen LogP) is 4.21. The summed E-state index contributed by atoms with van der Waals surface area (Å²) in [6.45, 7) is 2.20. The fourth-order valence-electron chi connectivity index (χ4n) is 0.869. The van der Waals surface area contributed by atoms with Crippen LogP contribution >= 0.6 is 0 Å². The smallest absolute Gasteiger partial charge is 0.668 e. The standard InChI is InChI=1S/C8H11.3C2H6N.Zr/c1-2-5-8-6-3-4-7-8;3*1-3-2;/h3-4,6-7H,2,5H2,1H3;3*1-2H3;/q4*-1;+4. The zero-order valence-electron chi connectivity index (χ0n) is 13.1. The number of hydrogen-bond acceptors (Lipinski definition) is 0. The van der Waals surface area contributed by atoms with Gasteiger partial charge in [-0.05, 0) is 0 Å². The molecule has 0 unspecified atom stereocenters. The van der Waals surface area contributed by atoms with Crippen molar-refractivity contribution in [3.05, 3.63) is 45.8 Å². The monoisotopic (exact) mass is 329 g/mol. The topological polar surface area (TPSA) is 42.3 Å². The summed E-state index contributed by atoms with van der Waals surface area (Å²) in [7, 11) is 10.5. The van der Waals surface area contributed by atoms with Crippen LogP contribution in [-0.4, -0.2) is 42.3 Å². The summed E-state index contributed by atoms with van der Waals surface area (Å²) in [4.78, 5) is 0. The van der Waals surface area contributed by atoms with Crippen molar-refractivity contribution < 1.29 is 26.2 Å². The number of nitrogens with zero attached hydrogens (tertiary/aromatic N) is 3. The Morgan fingerprint density at radius 3 is 1.28 bits per heavy atom. The van der Waals surface area contributed by atoms with E-state index in [1.807, 2.05) is 0 Å². The normalized spacial score (nSPS) is 7.28. The van der Waals surface area contributed by atoms with Crippen molar-refractivity contribution in [2.24, 2.45) is 0 Å². The van der Waals surface area contributed by atoms with Gasteiger partial charge in [-0.2, -0.15) is 60.0 Å². The van der Waals surface area contributed by atoms with Gasteiger partial charge < -0.3 is 16.0 Å². The van der Waals surface area contributed by atoms with Crippen molar-refractivity contribution >= 4 is 0 Å². The van der Waals surface area contributed by atoms with Gasteiger partial charge in [-0.3, -0.25) is 0 Å². The Labute approximate surface area is 134 Å². The van der Waals surface area contributed by atoms with E-state index in [-0.39, 0.29) is 26.2 Å². The molecule has 0 aromatic heterocycles. The minimum absolute atomic E-state index is 0. The fraction of sp³-hybridized carbons (Fsp3) is 0.643. The molecule has 0 atom stereocenters. The van der Waals surface area contributed by atoms with Crippen LogP contribution in [0.15, 0.2) is 24.3 Å². The molecule has 104 valence electrons. The van der Waals surface area contributed by atoms with E-state index < -0.39 is 0 Å². The minimum Gasteiger partial charge on any atom is -0.668 e.